The zero-order chi connectivity index (χ0) is 16.8. The summed E-state index contributed by atoms with van der Waals surface area (Å²) in [6, 6.07) is 5.45. The Kier molecular flexibility index (Phi) is 6.40. The summed E-state index contributed by atoms with van der Waals surface area (Å²) >= 11 is 0. The van der Waals surface area contributed by atoms with Crippen molar-refractivity contribution in [3.05, 3.63) is 23.8 Å². The molecule has 0 amide bonds. The topological polar surface area (TPSA) is 61.8 Å². The molecular weight excluding hydrogens is 284 g/mol. The van der Waals surface area contributed by atoms with Gasteiger partial charge in [-0.05, 0) is 44.9 Å². The fourth-order valence-electron chi connectivity index (χ4n) is 2.08. The third-order valence-electron chi connectivity index (χ3n) is 2.99. The summed E-state index contributed by atoms with van der Waals surface area (Å²) in [7, 11) is 3.12. The van der Waals surface area contributed by atoms with E-state index in [2.05, 4.69) is 0 Å². The smallest absolute Gasteiger partial charge is 0.307 e. The Morgan fingerprint density at radius 2 is 1.82 bits per heavy atom. The molecule has 1 aromatic carbocycles. The summed E-state index contributed by atoms with van der Waals surface area (Å²) in [6.45, 7) is 5.40. The van der Waals surface area contributed by atoms with Crippen molar-refractivity contribution >= 4 is 12.3 Å². The standard InChI is InChI=1S/C17H24O5/c1-17(2,3)22-16(19)10-13(11-18)8-12-6-7-14(20-4)15(9-12)21-5/h6-7,9,11,13H,8,10H2,1-5H3. The average molecular weight is 308 g/mol. The largest absolute Gasteiger partial charge is 0.493 e. The van der Waals surface area contributed by atoms with Crippen LogP contribution in [-0.4, -0.2) is 32.1 Å². The van der Waals surface area contributed by atoms with Gasteiger partial charge < -0.3 is 19.0 Å². The summed E-state index contributed by atoms with van der Waals surface area (Å²) in [5, 5.41) is 0. The van der Waals surface area contributed by atoms with Gasteiger partial charge in [0.15, 0.2) is 11.5 Å². The van der Waals surface area contributed by atoms with Crippen molar-refractivity contribution in [3.63, 3.8) is 0 Å². The average Bonchev–Trinajstić information content (AvgIpc) is 2.44. The van der Waals surface area contributed by atoms with Crippen LogP contribution in [0.2, 0.25) is 0 Å². The molecule has 1 rings (SSSR count). The first-order valence-electron chi connectivity index (χ1n) is 7.17. The fraction of sp³-hybridized carbons (Fsp3) is 0.529. The second-order valence-corrected chi connectivity index (χ2v) is 6.08. The maximum Gasteiger partial charge on any atom is 0.307 e. The lowest BCUT2D eigenvalue weighted by Crippen LogP contribution is -2.26. The number of ether oxygens (including phenoxy) is 3. The molecule has 0 fully saturated rings. The Morgan fingerprint density at radius 1 is 1.18 bits per heavy atom. The molecule has 5 heteroatoms. The molecule has 0 aromatic heterocycles. The predicted molar refractivity (Wildman–Crippen MR) is 83.3 cm³/mol. The van der Waals surface area contributed by atoms with Crippen molar-refractivity contribution in [2.24, 2.45) is 5.92 Å². The van der Waals surface area contributed by atoms with Gasteiger partial charge in [-0.15, -0.1) is 0 Å². The third-order valence-corrected chi connectivity index (χ3v) is 2.99. The van der Waals surface area contributed by atoms with Gasteiger partial charge in [0.05, 0.1) is 20.6 Å². The Bertz CT molecular complexity index is 516. The minimum atomic E-state index is -0.548. The van der Waals surface area contributed by atoms with Crippen molar-refractivity contribution in [2.75, 3.05) is 14.2 Å². The Balaban J connectivity index is 2.74. The van der Waals surface area contributed by atoms with Crippen molar-refractivity contribution in [1.82, 2.24) is 0 Å². The second kappa shape index (κ2) is 7.82. The number of esters is 1. The molecule has 0 aliphatic carbocycles. The highest BCUT2D eigenvalue weighted by molar-refractivity contribution is 5.74. The van der Waals surface area contributed by atoms with Gasteiger partial charge in [-0.2, -0.15) is 0 Å². The van der Waals surface area contributed by atoms with E-state index >= 15 is 0 Å². The van der Waals surface area contributed by atoms with E-state index in [1.54, 1.807) is 41.1 Å². The molecule has 0 N–H and O–H groups in total. The van der Waals surface area contributed by atoms with E-state index in [1.165, 1.54) is 0 Å². The van der Waals surface area contributed by atoms with Crippen molar-refractivity contribution in [3.8, 4) is 11.5 Å². The maximum atomic E-state index is 11.8. The first-order valence-corrected chi connectivity index (χ1v) is 7.17. The Morgan fingerprint density at radius 3 is 2.32 bits per heavy atom. The van der Waals surface area contributed by atoms with Crippen LogP contribution in [0, 0.1) is 5.92 Å². The number of rotatable bonds is 7. The number of carbonyl (C=O) groups is 2. The fourth-order valence-corrected chi connectivity index (χ4v) is 2.08. The zero-order valence-corrected chi connectivity index (χ0v) is 13.8. The number of aldehydes is 1. The molecule has 0 saturated heterocycles. The zero-order valence-electron chi connectivity index (χ0n) is 13.8. The van der Waals surface area contributed by atoms with E-state index in [-0.39, 0.29) is 12.4 Å². The maximum absolute atomic E-state index is 11.8. The van der Waals surface area contributed by atoms with Gasteiger partial charge in [0.1, 0.15) is 11.9 Å². The molecule has 0 heterocycles. The molecule has 1 aromatic rings. The van der Waals surface area contributed by atoms with Crippen LogP contribution in [0.5, 0.6) is 11.5 Å². The highest BCUT2D eigenvalue weighted by Gasteiger charge is 2.21. The van der Waals surface area contributed by atoms with E-state index in [4.69, 9.17) is 14.2 Å². The Labute approximate surface area is 131 Å². The molecular formula is C17H24O5. The number of benzene rings is 1. The molecule has 0 spiro atoms. The summed E-state index contributed by atoms with van der Waals surface area (Å²) in [4.78, 5) is 23.0. The SMILES string of the molecule is COc1ccc(CC(C=O)CC(=O)OC(C)(C)C)cc1OC. The highest BCUT2D eigenvalue weighted by atomic mass is 16.6. The van der Waals surface area contributed by atoms with Crippen LogP contribution >= 0.6 is 0 Å². The minimum absolute atomic E-state index is 0.0646. The third kappa shape index (κ3) is 5.76. The van der Waals surface area contributed by atoms with Crippen LogP contribution in [0.4, 0.5) is 0 Å². The van der Waals surface area contributed by atoms with Gasteiger partial charge in [-0.1, -0.05) is 6.07 Å². The lowest BCUT2D eigenvalue weighted by Gasteiger charge is -2.20. The number of carbonyl (C=O) groups excluding carboxylic acids is 2. The van der Waals surface area contributed by atoms with E-state index in [9.17, 15) is 9.59 Å². The van der Waals surface area contributed by atoms with Crippen molar-refractivity contribution in [2.45, 2.75) is 39.2 Å². The van der Waals surface area contributed by atoms with Crippen LogP contribution in [0.25, 0.3) is 0 Å². The molecule has 0 saturated carbocycles. The van der Waals surface area contributed by atoms with Crippen molar-refractivity contribution in [1.29, 1.82) is 0 Å². The lowest BCUT2D eigenvalue weighted by molar-refractivity contribution is -0.156. The molecule has 1 atom stereocenters. The molecule has 122 valence electrons. The number of hydrogen-bond donors (Lipinski definition) is 0. The van der Waals surface area contributed by atoms with Crippen molar-refractivity contribution < 1.29 is 23.8 Å². The van der Waals surface area contributed by atoms with Gasteiger partial charge in [-0.25, -0.2) is 0 Å². The molecule has 22 heavy (non-hydrogen) atoms. The predicted octanol–water partition coefficient (Wildman–Crippen LogP) is 2.79. The second-order valence-electron chi connectivity index (χ2n) is 6.08. The van der Waals surface area contributed by atoms with Gasteiger partial charge in [0, 0.05) is 5.92 Å². The molecule has 0 bridgehead atoms. The summed E-state index contributed by atoms with van der Waals surface area (Å²) in [5.41, 5.74) is 0.353. The molecule has 1 unspecified atom stereocenters. The van der Waals surface area contributed by atoms with Crippen LogP contribution in [0.15, 0.2) is 18.2 Å². The van der Waals surface area contributed by atoms with Crippen LogP contribution in [0.3, 0.4) is 0 Å². The first-order chi connectivity index (χ1) is 10.3. The van der Waals surface area contributed by atoms with Crippen LogP contribution < -0.4 is 9.47 Å². The first kappa shape index (κ1) is 18.0. The Hall–Kier alpha value is -2.04. The molecule has 0 aliphatic heterocycles. The number of methoxy groups -OCH3 is 2. The monoisotopic (exact) mass is 308 g/mol. The lowest BCUT2D eigenvalue weighted by atomic mass is 9.97. The molecule has 0 aliphatic rings. The molecule has 5 nitrogen and oxygen atoms in total. The quantitative estimate of drug-likeness (QED) is 0.572. The van der Waals surface area contributed by atoms with Crippen LogP contribution in [0.1, 0.15) is 32.8 Å². The molecule has 0 radical (unpaired) electrons. The van der Waals surface area contributed by atoms with E-state index in [0.717, 1.165) is 11.8 Å². The van der Waals surface area contributed by atoms with E-state index in [1.807, 2.05) is 12.1 Å². The van der Waals surface area contributed by atoms with Crippen LogP contribution in [-0.2, 0) is 20.7 Å². The summed E-state index contributed by atoms with van der Waals surface area (Å²) in [6.07, 6.45) is 1.30. The van der Waals surface area contributed by atoms with Gasteiger partial charge in [0.25, 0.3) is 0 Å². The van der Waals surface area contributed by atoms with E-state index in [0.29, 0.717) is 17.9 Å². The minimum Gasteiger partial charge on any atom is -0.493 e. The highest BCUT2D eigenvalue weighted by Crippen LogP contribution is 2.28. The van der Waals surface area contributed by atoms with Gasteiger partial charge in [0.2, 0.25) is 0 Å². The normalized spacial score (nSPS) is 12.4. The van der Waals surface area contributed by atoms with Gasteiger partial charge in [-0.3, -0.25) is 4.79 Å². The summed E-state index contributed by atoms with van der Waals surface area (Å²) in [5.74, 6) is 0.431. The summed E-state index contributed by atoms with van der Waals surface area (Å²) < 4.78 is 15.7. The van der Waals surface area contributed by atoms with E-state index < -0.39 is 11.5 Å². The number of hydrogen-bond acceptors (Lipinski definition) is 5. The van der Waals surface area contributed by atoms with Gasteiger partial charge >= 0.3 is 5.97 Å².